The van der Waals surface area contributed by atoms with Gasteiger partial charge < -0.3 is 0 Å². The molecular formula is C16H9F2N3O3S. The molecule has 2 aromatic carbocycles. The Kier molecular flexibility index (Phi) is 4.48. The molecule has 0 saturated carbocycles. The summed E-state index contributed by atoms with van der Waals surface area (Å²) < 4.78 is 27.0. The summed E-state index contributed by atoms with van der Waals surface area (Å²) in [5.74, 6) is -1.83. The van der Waals surface area contributed by atoms with Crippen LogP contribution in [0.1, 0.15) is 10.4 Å². The highest BCUT2D eigenvalue weighted by molar-refractivity contribution is 7.14. The molecule has 3 aromatic rings. The highest BCUT2D eigenvalue weighted by Gasteiger charge is 2.15. The van der Waals surface area contributed by atoms with Gasteiger partial charge in [-0.15, -0.1) is 11.3 Å². The van der Waals surface area contributed by atoms with Crippen molar-refractivity contribution in [2.45, 2.75) is 0 Å². The van der Waals surface area contributed by atoms with Crippen molar-refractivity contribution in [1.29, 1.82) is 0 Å². The number of halogens is 2. The van der Waals surface area contributed by atoms with Gasteiger partial charge in [0.15, 0.2) is 5.13 Å². The lowest BCUT2D eigenvalue weighted by Crippen LogP contribution is -2.11. The Labute approximate surface area is 143 Å². The largest absolute Gasteiger partial charge is 0.298 e. The van der Waals surface area contributed by atoms with Gasteiger partial charge in [-0.25, -0.2) is 13.8 Å². The minimum atomic E-state index is -0.636. The maximum Gasteiger partial charge on any atom is 0.270 e. The first-order valence-electron chi connectivity index (χ1n) is 6.91. The van der Waals surface area contributed by atoms with Crippen molar-refractivity contribution in [2.75, 3.05) is 5.32 Å². The number of carbonyl (C=O) groups excluding carboxylic acids is 1. The fourth-order valence-electron chi connectivity index (χ4n) is 2.08. The number of carbonyl (C=O) groups is 1. The SMILES string of the molecule is O=C(Nc1nc(-c2cc(F)ccc2F)cs1)c1cccc([N+](=O)[O-])c1. The van der Waals surface area contributed by atoms with E-state index in [2.05, 4.69) is 10.3 Å². The maximum absolute atomic E-state index is 13.8. The molecule has 0 spiro atoms. The molecule has 1 N–H and O–H groups in total. The van der Waals surface area contributed by atoms with Gasteiger partial charge in [0.2, 0.25) is 0 Å². The van der Waals surface area contributed by atoms with Crippen molar-refractivity contribution in [3.05, 3.63) is 75.2 Å². The second-order valence-corrected chi connectivity index (χ2v) is 5.78. The van der Waals surface area contributed by atoms with Gasteiger partial charge in [-0.3, -0.25) is 20.2 Å². The number of amides is 1. The molecule has 0 aliphatic heterocycles. The van der Waals surface area contributed by atoms with Gasteiger partial charge in [0.25, 0.3) is 11.6 Å². The van der Waals surface area contributed by atoms with E-state index in [1.54, 1.807) is 0 Å². The zero-order valence-electron chi connectivity index (χ0n) is 12.4. The van der Waals surface area contributed by atoms with Crippen LogP contribution in [-0.4, -0.2) is 15.8 Å². The van der Waals surface area contributed by atoms with E-state index in [9.17, 15) is 23.7 Å². The van der Waals surface area contributed by atoms with Crippen LogP contribution in [0.25, 0.3) is 11.3 Å². The average Bonchev–Trinajstić information content (AvgIpc) is 3.05. The van der Waals surface area contributed by atoms with E-state index in [4.69, 9.17) is 0 Å². The molecule has 9 heteroatoms. The lowest BCUT2D eigenvalue weighted by Gasteiger charge is -2.02. The summed E-state index contributed by atoms with van der Waals surface area (Å²) in [6.07, 6.45) is 0. The van der Waals surface area contributed by atoms with Gasteiger partial charge in [0.05, 0.1) is 10.6 Å². The zero-order chi connectivity index (χ0) is 18.0. The van der Waals surface area contributed by atoms with Crippen molar-refractivity contribution >= 4 is 28.1 Å². The number of nitro benzene ring substituents is 1. The van der Waals surface area contributed by atoms with Crippen LogP contribution in [-0.2, 0) is 0 Å². The molecule has 1 aromatic heterocycles. The third-order valence-electron chi connectivity index (χ3n) is 3.25. The average molecular weight is 361 g/mol. The summed E-state index contributed by atoms with van der Waals surface area (Å²) >= 11 is 1.03. The summed E-state index contributed by atoms with van der Waals surface area (Å²) in [6.45, 7) is 0. The van der Waals surface area contributed by atoms with Crippen molar-refractivity contribution in [3.63, 3.8) is 0 Å². The Balaban J connectivity index is 1.81. The van der Waals surface area contributed by atoms with E-state index < -0.39 is 22.5 Å². The number of hydrogen-bond acceptors (Lipinski definition) is 5. The van der Waals surface area contributed by atoms with Crippen molar-refractivity contribution in [2.24, 2.45) is 0 Å². The number of thiazole rings is 1. The molecule has 25 heavy (non-hydrogen) atoms. The standard InChI is InChI=1S/C16H9F2N3O3S/c17-10-4-5-13(18)12(7-10)14-8-25-16(19-14)20-15(22)9-2-1-3-11(6-9)21(23)24/h1-8H,(H,19,20,22). The quantitative estimate of drug-likeness (QED) is 0.556. The predicted octanol–water partition coefficient (Wildman–Crippen LogP) is 4.25. The molecular weight excluding hydrogens is 352 g/mol. The van der Waals surface area contributed by atoms with Gasteiger partial charge in [0.1, 0.15) is 11.6 Å². The Hall–Kier alpha value is -3.20. The Bertz CT molecular complexity index is 975. The van der Waals surface area contributed by atoms with Gasteiger partial charge in [-0.05, 0) is 24.3 Å². The lowest BCUT2D eigenvalue weighted by molar-refractivity contribution is -0.384. The number of nitrogens with one attached hydrogen (secondary N) is 1. The van der Waals surface area contributed by atoms with Crippen LogP contribution < -0.4 is 5.32 Å². The zero-order valence-corrected chi connectivity index (χ0v) is 13.2. The van der Waals surface area contributed by atoms with Crippen molar-refractivity contribution in [3.8, 4) is 11.3 Å². The van der Waals surface area contributed by atoms with Gasteiger partial charge in [-0.1, -0.05) is 6.07 Å². The summed E-state index contributed by atoms with van der Waals surface area (Å²) in [6, 6.07) is 8.21. The van der Waals surface area contributed by atoms with Gasteiger partial charge >= 0.3 is 0 Å². The summed E-state index contributed by atoms with van der Waals surface area (Å²) in [5, 5.41) is 14.9. The number of benzene rings is 2. The van der Waals surface area contributed by atoms with E-state index in [-0.39, 0.29) is 27.6 Å². The number of rotatable bonds is 4. The monoisotopic (exact) mass is 361 g/mol. The molecule has 1 amide bonds. The van der Waals surface area contributed by atoms with E-state index in [1.807, 2.05) is 0 Å². The molecule has 0 aliphatic rings. The third kappa shape index (κ3) is 3.66. The first-order chi connectivity index (χ1) is 11.9. The minimum absolute atomic E-state index is 0.0212. The number of aromatic nitrogens is 1. The fourth-order valence-corrected chi connectivity index (χ4v) is 2.78. The molecule has 6 nitrogen and oxygen atoms in total. The molecule has 0 unspecified atom stereocenters. The van der Waals surface area contributed by atoms with E-state index >= 15 is 0 Å². The van der Waals surface area contributed by atoms with Crippen LogP contribution in [0.15, 0.2) is 47.8 Å². The second-order valence-electron chi connectivity index (χ2n) is 4.92. The maximum atomic E-state index is 13.8. The predicted molar refractivity (Wildman–Crippen MR) is 88.5 cm³/mol. The van der Waals surface area contributed by atoms with Crippen LogP contribution in [0.5, 0.6) is 0 Å². The Morgan fingerprint density at radius 1 is 1.20 bits per heavy atom. The summed E-state index contributed by atoms with van der Waals surface area (Å²) in [7, 11) is 0. The van der Waals surface area contributed by atoms with E-state index in [0.717, 1.165) is 35.6 Å². The van der Waals surface area contributed by atoms with Gasteiger partial charge in [-0.2, -0.15) is 0 Å². The number of hydrogen-bond donors (Lipinski definition) is 1. The van der Waals surface area contributed by atoms with E-state index in [0.29, 0.717) is 0 Å². The van der Waals surface area contributed by atoms with Crippen LogP contribution in [0.3, 0.4) is 0 Å². The molecule has 0 radical (unpaired) electrons. The molecule has 0 fully saturated rings. The molecule has 1 heterocycles. The third-order valence-corrected chi connectivity index (χ3v) is 4.01. The molecule has 0 bridgehead atoms. The fraction of sp³-hybridized carbons (Fsp3) is 0. The number of non-ortho nitro benzene ring substituents is 1. The Morgan fingerprint density at radius 2 is 2.00 bits per heavy atom. The highest BCUT2D eigenvalue weighted by Crippen LogP contribution is 2.28. The smallest absolute Gasteiger partial charge is 0.270 e. The number of anilines is 1. The highest BCUT2D eigenvalue weighted by atomic mass is 32.1. The van der Waals surface area contributed by atoms with Crippen LogP contribution in [0, 0.1) is 21.7 Å². The van der Waals surface area contributed by atoms with Crippen molar-refractivity contribution in [1.82, 2.24) is 4.98 Å². The van der Waals surface area contributed by atoms with Crippen LogP contribution in [0.4, 0.5) is 19.6 Å². The topological polar surface area (TPSA) is 85.1 Å². The first-order valence-corrected chi connectivity index (χ1v) is 7.79. The van der Waals surface area contributed by atoms with Gasteiger partial charge in [0, 0.05) is 28.6 Å². The molecule has 0 aliphatic carbocycles. The molecule has 126 valence electrons. The van der Waals surface area contributed by atoms with Crippen molar-refractivity contribution < 1.29 is 18.5 Å². The van der Waals surface area contributed by atoms with Crippen LogP contribution in [0.2, 0.25) is 0 Å². The summed E-state index contributed by atoms with van der Waals surface area (Å²) in [5.41, 5.74) is 0.0284. The Morgan fingerprint density at radius 3 is 2.76 bits per heavy atom. The van der Waals surface area contributed by atoms with Crippen LogP contribution >= 0.6 is 11.3 Å². The molecule has 0 saturated heterocycles. The first kappa shape index (κ1) is 16.7. The lowest BCUT2D eigenvalue weighted by atomic mass is 10.1. The summed E-state index contributed by atoms with van der Waals surface area (Å²) in [4.78, 5) is 26.4. The minimum Gasteiger partial charge on any atom is -0.298 e. The molecule has 3 rings (SSSR count). The van der Waals surface area contributed by atoms with E-state index in [1.165, 1.54) is 23.6 Å². The normalized spacial score (nSPS) is 10.5. The number of nitrogens with zero attached hydrogens (tertiary/aromatic N) is 2. The molecule has 0 atom stereocenters. The number of nitro groups is 1. The second kappa shape index (κ2) is 6.73.